The average molecular weight is 484 g/mol. The third kappa shape index (κ3) is 4.18. The van der Waals surface area contributed by atoms with Crippen molar-refractivity contribution >= 4 is 11.9 Å². The molecule has 188 valence electrons. The van der Waals surface area contributed by atoms with Crippen LogP contribution in [0.1, 0.15) is 57.1 Å². The first kappa shape index (κ1) is 23.7. The molecule has 0 spiro atoms. The second kappa shape index (κ2) is 9.22. The van der Waals surface area contributed by atoms with Crippen LogP contribution in [0.2, 0.25) is 0 Å². The SMILES string of the molecule is CCCN1CCc2cc3c(cc2[C@@H]2[C@H](OC(=O)[C@@]4(CC=C(C)C)CC(=O)O4)C(OC)=C[C@@H]21)OCO3. The molecule has 3 heterocycles. The lowest BCUT2D eigenvalue weighted by molar-refractivity contribution is -0.210. The highest BCUT2D eigenvalue weighted by Gasteiger charge is 2.56. The molecule has 5 rings (SSSR count). The van der Waals surface area contributed by atoms with Gasteiger partial charge in [0.1, 0.15) is 5.76 Å². The van der Waals surface area contributed by atoms with Crippen LogP contribution in [0, 0.1) is 0 Å². The summed E-state index contributed by atoms with van der Waals surface area (Å²) in [4.78, 5) is 27.7. The molecule has 0 radical (unpaired) electrons. The molecule has 0 saturated carbocycles. The molecule has 0 amide bonds. The van der Waals surface area contributed by atoms with Gasteiger partial charge in [-0.15, -0.1) is 0 Å². The Morgan fingerprint density at radius 1 is 1.26 bits per heavy atom. The molecule has 8 nitrogen and oxygen atoms in total. The molecule has 0 N–H and O–H groups in total. The van der Waals surface area contributed by atoms with E-state index in [1.807, 2.05) is 26.0 Å². The Labute approximate surface area is 205 Å². The van der Waals surface area contributed by atoms with Crippen molar-refractivity contribution in [1.82, 2.24) is 4.90 Å². The maximum atomic E-state index is 13.5. The predicted octanol–water partition coefficient (Wildman–Crippen LogP) is 3.63. The van der Waals surface area contributed by atoms with Crippen LogP contribution in [0.4, 0.5) is 0 Å². The Balaban J connectivity index is 1.51. The van der Waals surface area contributed by atoms with E-state index in [1.54, 1.807) is 7.11 Å². The number of methoxy groups -OCH3 is 1. The van der Waals surface area contributed by atoms with Crippen LogP contribution in [0.5, 0.6) is 11.5 Å². The molecule has 35 heavy (non-hydrogen) atoms. The van der Waals surface area contributed by atoms with Crippen molar-refractivity contribution in [3.05, 3.63) is 46.7 Å². The zero-order valence-corrected chi connectivity index (χ0v) is 20.8. The van der Waals surface area contributed by atoms with Crippen molar-refractivity contribution < 1.29 is 33.3 Å². The van der Waals surface area contributed by atoms with Crippen molar-refractivity contribution in [2.75, 3.05) is 27.0 Å². The Morgan fingerprint density at radius 3 is 2.66 bits per heavy atom. The summed E-state index contributed by atoms with van der Waals surface area (Å²) in [6.45, 7) is 8.04. The van der Waals surface area contributed by atoms with Gasteiger partial charge in [-0.3, -0.25) is 9.69 Å². The van der Waals surface area contributed by atoms with E-state index in [-0.39, 0.29) is 25.2 Å². The lowest BCUT2D eigenvalue weighted by atomic mass is 9.86. The Kier molecular flexibility index (Phi) is 6.25. The van der Waals surface area contributed by atoms with Crippen LogP contribution in [-0.2, 0) is 30.2 Å². The number of rotatable bonds is 7. The number of benzene rings is 1. The van der Waals surface area contributed by atoms with Crippen molar-refractivity contribution in [3.63, 3.8) is 0 Å². The van der Waals surface area contributed by atoms with Crippen molar-refractivity contribution in [2.24, 2.45) is 0 Å². The summed E-state index contributed by atoms with van der Waals surface area (Å²) in [5.74, 6) is 0.967. The van der Waals surface area contributed by atoms with Gasteiger partial charge in [-0.1, -0.05) is 18.6 Å². The van der Waals surface area contributed by atoms with Gasteiger partial charge in [0.25, 0.3) is 0 Å². The minimum atomic E-state index is -1.28. The van der Waals surface area contributed by atoms with Gasteiger partial charge in [0.05, 0.1) is 13.5 Å². The van der Waals surface area contributed by atoms with E-state index in [2.05, 4.69) is 24.0 Å². The number of nitrogens with zero attached hydrogens (tertiary/aromatic N) is 1. The lowest BCUT2D eigenvalue weighted by Gasteiger charge is -2.39. The third-order valence-electron chi connectivity index (χ3n) is 7.32. The van der Waals surface area contributed by atoms with Gasteiger partial charge >= 0.3 is 11.9 Å². The average Bonchev–Trinajstić information content (AvgIpc) is 3.37. The monoisotopic (exact) mass is 483 g/mol. The van der Waals surface area contributed by atoms with Crippen LogP contribution in [-0.4, -0.2) is 61.6 Å². The third-order valence-corrected chi connectivity index (χ3v) is 7.32. The maximum absolute atomic E-state index is 13.5. The van der Waals surface area contributed by atoms with Crippen molar-refractivity contribution in [2.45, 2.75) is 70.1 Å². The minimum absolute atomic E-state index is 0.00185. The summed E-state index contributed by atoms with van der Waals surface area (Å²) >= 11 is 0. The van der Waals surface area contributed by atoms with Crippen LogP contribution in [0.25, 0.3) is 0 Å². The summed E-state index contributed by atoms with van der Waals surface area (Å²) in [5.41, 5.74) is 1.99. The molecule has 1 saturated heterocycles. The highest BCUT2D eigenvalue weighted by atomic mass is 16.7. The normalized spacial score (nSPS) is 28.6. The molecule has 3 aliphatic heterocycles. The van der Waals surface area contributed by atoms with Gasteiger partial charge in [-0.25, -0.2) is 4.79 Å². The predicted molar refractivity (Wildman–Crippen MR) is 127 cm³/mol. The molecule has 0 unspecified atom stereocenters. The highest BCUT2D eigenvalue weighted by molar-refractivity contribution is 5.94. The van der Waals surface area contributed by atoms with E-state index in [9.17, 15) is 9.59 Å². The van der Waals surface area contributed by atoms with E-state index >= 15 is 0 Å². The van der Waals surface area contributed by atoms with Crippen LogP contribution < -0.4 is 9.47 Å². The van der Waals surface area contributed by atoms with E-state index in [1.165, 1.54) is 0 Å². The number of carbonyl (C=O) groups excluding carboxylic acids is 2. The summed E-state index contributed by atoms with van der Waals surface area (Å²) in [6, 6.07) is 4.08. The smallest absolute Gasteiger partial charge is 0.352 e. The molecule has 4 atom stereocenters. The molecule has 8 heteroatoms. The number of esters is 2. The molecule has 1 aromatic carbocycles. The van der Waals surface area contributed by atoms with Gasteiger partial charge in [0, 0.05) is 24.9 Å². The standard InChI is InChI=1S/C27H33NO7/c1-5-9-28-10-7-17-11-20-21(33-15-32-20)12-18(17)24-19(28)13-22(31-4)25(24)34-26(30)27(8-6-16(2)3)14-23(29)35-27/h6,11-13,19,24-25H,5,7-10,14-15H2,1-4H3/t19-,24-,25+,27+/m0/s1. The number of allylic oxidation sites excluding steroid dienone is 1. The Morgan fingerprint density at radius 2 is 2.00 bits per heavy atom. The largest absolute Gasteiger partial charge is 0.497 e. The van der Waals surface area contributed by atoms with E-state index in [0.717, 1.165) is 48.4 Å². The summed E-state index contributed by atoms with van der Waals surface area (Å²) in [7, 11) is 1.60. The topological polar surface area (TPSA) is 83.5 Å². The van der Waals surface area contributed by atoms with Crippen molar-refractivity contribution in [3.8, 4) is 11.5 Å². The molecule has 1 aromatic rings. The molecule has 0 bridgehead atoms. The fourth-order valence-corrected chi connectivity index (χ4v) is 5.55. The number of carbonyl (C=O) groups is 2. The molecular formula is C27H33NO7. The fraction of sp³-hybridized carbons (Fsp3) is 0.556. The zero-order valence-electron chi connectivity index (χ0n) is 20.8. The van der Waals surface area contributed by atoms with E-state index in [0.29, 0.717) is 17.9 Å². The first-order valence-corrected chi connectivity index (χ1v) is 12.3. The molecule has 0 aromatic heterocycles. The van der Waals surface area contributed by atoms with Crippen LogP contribution >= 0.6 is 0 Å². The minimum Gasteiger partial charge on any atom is -0.497 e. The van der Waals surface area contributed by atoms with E-state index < -0.39 is 23.6 Å². The Bertz CT molecular complexity index is 1080. The summed E-state index contributed by atoms with van der Waals surface area (Å²) < 4.78 is 28.7. The van der Waals surface area contributed by atoms with Crippen LogP contribution in [0.3, 0.4) is 0 Å². The number of ether oxygens (including phenoxy) is 5. The van der Waals surface area contributed by atoms with Gasteiger partial charge in [0.15, 0.2) is 17.6 Å². The quantitative estimate of drug-likeness (QED) is 0.430. The lowest BCUT2D eigenvalue weighted by Crippen LogP contribution is -2.55. The van der Waals surface area contributed by atoms with Gasteiger partial charge < -0.3 is 23.7 Å². The summed E-state index contributed by atoms with van der Waals surface area (Å²) in [5, 5.41) is 0. The van der Waals surface area contributed by atoms with E-state index in [4.69, 9.17) is 23.7 Å². The van der Waals surface area contributed by atoms with Gasteiger partial charge in [-0.2, -0.15) is 0 Å². The zero-order chi connectivity index (χ0) is 24.7. The molecule has 4 aliphatic rings. The number of hydrogen-bond acceptors (Lipinski definition) is 8. The maximum Gasteiger partial charge on any atom is 0.352 e. The Hall–Kier alpha value is -3.00. The molecule has 1 fully saturated rings. The van der Waals surface area contributed by atoms with Crippen molar-refractivity contribution in [1.29, 1.82) is 0 Å². The first-order chi connectivity index (χ1) is 16.8. The summed E-state index contributed by atoms with van der Waals surface area (Å²) in [6.07, 6.45) is 5.51. The number of hydrogen-bond donors (Lipinski definition) is 0. The highest BCUT2D eigenvalue weighted by Crippen LogP contribution is 2.47. The second-order valence-electron chi connectivity index (χ2n) is 9.94. The number of cyclic esters (lactones) is 1. The van der Waals surface area contributed by atoms with Gasteiger partial charge in [-0.05, 0) is 62.6 Å². The fourth-order valence-electron chi connectivity index (χ4n) is 5.55. The second-order valence-corrected chi connectivity index (χ2v) is 9.94. The first-order valence-electron chi connectivity index (χ1n) is 12.3. The van der Waals surface area contributed by atoms with Crippen LogP contribution in [0.15, 0.2) is 35.6 Å². The number of fused-ring (bicyclic) bond motifs is 4. The van der Waals surface area contributed by atoms with Gasteiger partial charge in [0.2, 0.25) is 12.4 Å². The molecule has 1 aliphatic carbocycles. The molecular weight excluding hydrogens is 450 g/mol.